The van der Waals surface area contributed by atoms with Crippen LogP contribution in [0, 0.1) is 24.2 Å². The average Bonchev–Trinajstić information content (AvgIpc) is 2.40. The van der Waals surface area contributed by atoms with Gasteiger partial charge in [0.2, 0.25) is 0 Å². The number of rotatable bonds is 3. The third kappa shape index (κ3) is 4.09. The Labute approximate surface area is 124 Å². The first-order valence-electron chi connectivity index (χ1n) is 8.10. The zero-order chi connectivity index (χ0) is 14.8. The summed E-state index contributed by atoms with van der Waals surface area (Å²) in [4.78, 5) is 0. The molecule has 1 heteroatoms. The van der Waals surface area contributed by atoms with Gasteiger partial charge in [0.25, 0.3) is 0 Å². The largest absolute Gasteiger partial charge is 0.392 e. The molecule has 1 N–H and O–H groups in total. The van der Waals surface area contributed by atoms with Gasteiger partial charge in [0, 0.05) is 0 Å². The van der Waals surface area contributed by atoms with E-state index < -0.39 is 0 Å². The van der Waals surface area contributed by atoms with Crippen LogP contribution in [0.3, 0.4) is 0 Å². The van der Waals surface area contributed by atoms with Gasteiger partial charge in [-0.2, -0.15) is 0 Å². The molecule has 1 aliphatic rings. The second-order valence-corrected chi connectivity index (χ2v) is 7.73. The summed E-state index contributed by atoms with van der Waals surface area (Å²) in [6.45, 7) is 9.15. The van der Waals surface area contributed by atoms with Crippen LogP contribution in [0.25, 0.3) is 0 Å². The van der Waals surface area contributed by atoms with Crippen LogP contribution in [0.1, 0.15) is 57.6 Å². The number of aryl methyl sites for hydroxylation is 1. The fourth-order valence-corrected chi connectivity index (χ4v) is 3.50. The lowest BCUT2D eigenvalue weighted by Gasteiger charge is -2.38. The number of aliphatic hydroxyl groups excluding tert-OH is 1. The van der Waals surface area contributed by atoms with Gasteiger partial charge in [0.1, 0.15) is 0 Å². The maximum atomic E-state index is 10.5. The molecule has 0 heterocycles. The summed E-state index contributed by atoms with van der Waals surface area (Å²) >= 11 is 0. The van der Waals surface area contributed by atoms with Crippen molar-refractivity contribution in [1.82, 2.24) is 0 Å². The minimum Gasteiger partial charge on any atom is -0.392 e. The Morgan fingerprint density at radius 2 is 1.60 bits per heavy atom. The van der Waals surface area contributed by atoms with E-state index in [1.807, 2.05) is 0 Å². The Hall–Kier alpha value is -0.820. The van der Waals surface area contributed by atoms with Gasteiger partial charge >= 0.3 is 0 Å². The molecule has 1 aliphatic carbocycles. The predicted molar refractivity (Wildman–Crippen MR) is 85.8 cm³/mol. The molecule has 0 bridgehead atoms. The molecule has 0 aromatic heterocycles. The monoisotopic (exact) mass is 274 g/mol. The van der Waals surface area contributed by atoms with E-state index >= 15 is 0 Å². The summed E-state index contributed by atoms with van der Waals surface area (Å²) in [6, 6.07) is 8.58. The smallest absolute Gasteiger partial charge is 0.0608 e. The maximum absolute atomic E-state index is 10.5. The molecule has 0 spiro atoms. The van der Waals surface area contributed by atoms with Crippen molar-refractivity contribution in [3.8, 4) is 0 Å². The van der Waals surface area contributed by atoms with Gasteiger partial charge in [-0.05, 0) is 61.8 Å². The molecule has 0 aliphatic heterocycles. The molecule has 1 nitrogen and oxygen atoms in total. The van der Waals surface area contributed by atoms with E-state index in [-0.39, 0.29) is 6.10 Å². The standard InChI is InChI=1S/C19H30O/c1-14-5-7-15(8-6-14)13-18(20)16-9-11-17(12-10-16)19(2,3)4/h5-8,16-18,20H,9-13H2,1-4H3. The van der Waals surface area contributed by atoms with Crippen LogP contribution in [0.5, 0.6) is 0 Å². The van der Waals surface area contributed by atoms with Crippen LogP contribution >= 0.6 is 0 Å². The molecule has 112 valence electrons. The lowest BCUT2D eigenvalue weighted by atomic mass is 9.68. The van der Waals surface area contributed by atoms with Crippen molar-refractivity contribution < 1.29 is 5.11 Å². The number of hydrogen-bond donors (Lipinski definition) is 1. The fraction of sp³-hybridized carbons (Fsp3) is 0.684. The highest BCUT2D eigenvalue weighted by molar-refractivity contribution is 5.21. The molecular formula is C19H30O. The van der Waals surface area contributed by atoms with E-state index in [9.17, 15) is 5.11 Å². The SMILES string of the molecule is Cc1ccc(CC(O)C2CCC(C(C)(C)C)CC2)cc1. The van der Waals surface area contributed by atoms with E-state index in [1.54, 1.807) is 0 Å². The molecule has 1 unspecified atom stereocenters. The number of hydrogen-bond acceptors (Lipinski definition) is 1. The molecule has 1 aromatic rings. The van der Waals surface area contributed by atoms with Gasteiger partial charge in [-0.3, -0.25) is 0 Å². The number of benzene rings is 1. The Balaban J connectivity index is 1.85. The zero-order valence-corrected chi connectivity index (χ0v) is 13.5. The number of aliphatic hydroxyl groups is 1. The van der Waals surface area contributed by atoms with Gasteiger partial charge in [0.05, 0.1) is 6.10 Å². The van der Waals surface area contributed by atoms with Crippen molar-refractivity contribution in [1.29, 1.82) is 0 Å². The van der Waals surface area contributed by atoms with Crippen LogP contribution in [-0.2, 0) is 6.42 Å². The Kier molecular flexibility index (Phi) is 4.90. The van der Waals surface area contributed by atoms with Gasteiger partial charge in [0.15, 0.2) is 0 Å². The third-order valence-corrected chi connectivity index (χ3v) is 5.11. The summed E-state index contributed by atoms with van der Waals surface area (Å²) in [5, 5.41) is 10.5. The Bertz CT molecular complexity index is 404. The minimum atomic E-state index is -0.168. The van der Waals surface area contributed by atoms with Crippen LogP contribution in [0.4, 0.5) is 0 Å². The normalized spacial score (nSPS) is 25.4. The van der Waals surface area contributed by atoms with Crippen LogP contribution < -0.4 is 0 Å². The summed E-state index contributed by atoms with van der Waals surface area (Å²) in [5.74, 6) is 1.32. The Morgan fingerprint density at radius 3 is 2.10 bits per heavy atom. The van der Waals surface area contributed by atoms with E-state index in [0.29, 0.717) is 11.3 Å². The second kappa shape index (κ2) is 6.30. The van der Waals surface area contributed by atoms with E-state index in [1.165, 1.54) is 36.8 Å². The van der Waals surface area contributed by atoms with Crippen LogP contribution in [0.2, 0.25) is 0 Å². The zero-order valence-electron chi connectivity index (χ0n) is 13.5. The lowest BCUT2D eigenvalue weighted by molar-refractivity contribution is 0.0537. The van der Waals surface area contributed by atoms with Crippen molar-refractivity contribution in [2.45, 2.75) is 65.9 Å². The van der Waals surface area contributed by atoms with Crippen molar-refractivity contribution >= 4 is 0 Å². The average molecular weight is 274 g/mol. The molecule has 20 heavy (non-hydrogen) atoms. The minimum absolute atomic E-state index is 0.168. The van der Waals surface area contributed by atoms with Gasteiger partial charge in [-0.15, -0.1) is 0 Å². The van der Waals surface area contributed by atoms with Gasteiger partial charge in [-0.25, -0.2) is 0 Å². The van der Waals surface area contributed by atoms with Crippen molar-refractivity contribution in [3.63, 3.8) is 0 Å². The molecule has 1 fully saturated rings. The molecule has 0 amide bonds. The lowest BCUT2D eigenvalue weighted by Crippen LogP contribution is -2.31. The van der Waals surface area contributed by atoms with E-state index in [2.05, 4.69) is 52.0 Å². The summed E-state index contributed by atoms with van der Waals surface area (Å²) in [6.07, 6.45) is 5.58. The summed E-state index contributed by atoms with van der Waals surface area (Å²) in [5.41, 5.74) is 2.97. The maximum Gasteiger partial charge on any atom is 0.0608 e. The quantitative estimate of drug-likeness (QED) is 0.843. The molecule has 0 saturated heterocycles. The van der Waals surface area contributed by atoms with Crippen LogP contribution in [0.15, 0.2) is 24.3 Å². The highest BCUT2D eigenvalue weighted by atomic mass is 16.3. The van der Waals surface area contributed by atoms with Crippen LogP contribution in [-0.4, -0.2) is 11.2 Å². The molecule has 2 rings (SSSR count). The van der Waals surface area contributed by atoms with Crippen molar-refractivity contribution in [2.24, 2.45) is 17.3 Å². The molecule has 1 saturated carbocycles. The molecular weight excluding hydrogens is 244 g/mol. The van der Waals surface area contributed by atoms with Gasteiger partial charge < -0.3 is 5.11 Å². The molecule has 1 atom stereocenters. The highest BCUT2D eigenvalue weighted by Crippen LogP contribution is 2.41. The summed E-state index contributed by atoms with van der Waals surface area (Å²) in [7, 11) is 0. The van der Waals surface area contributed by atoms with E-state index in [4.69, 9.17) is 0 Å². The van der Waals surface area contributed by atoms with Crippen molar-refractivity contribution in [3.05, 3.63) is 35.4 Å². The predicted octanol–water partition coefficient (Wildman–Crippen LogP) is 4.75. The van der Waals surface area contributed by atoms with Crippen molar-refractivity contribution in [2.75, 3.05) is 0 Å². The van der Waals surface area contributed by atoms with Gasteiger partial charge in [-0.1, -0.05) is 50.6 Å². The first kappa shape index (κ1) is 15.6. The molecule has 0 radical (unpaired) electrons. The second-order valence-electron chi connectivity index (χ2n) is 7.73. The summed E-state index contributed by atoms with van der Waals surface area (Å²) < 4.78 is 0. The topological polar surface area (TPSA) is 20.2 Å². The highest BCUT2D eigenvalue weighted by Gasteiger charge is 2.32. The Morgan fingerprint density at radius 1 is 1.05 bits per heavy atom. The van der Waals surface area contributed by atoms with E-state index in [0.717, 1.165) is 12.3 Å². The third-order valence-electron chi connectivity index (χ3n) is 5.11. The fourth-order valence-electron chi connectivity index (χ4n) is 3.50. The molecule has 1 aromatic carbocycles. The first-order valence-corrected chi connectivity index (χ1v) is 8.10. The first-order chi connectivity index (χ1) is 9.36.